The molecule has 1 aromatic heterocycles. The molecule has 2 fully saturated rings. The Balaban J connectivity index is 1.28. The van der Waals surface area contributed by atoms with Crippen molar-refractivity contribution < 1.29 is 19.0 Å². The Morgan fingerprint density at radius 3 is 2.72 bits per heavy atom. The molecule has 2 aromatic carbocycles. The molecule has 3 aromatic rings. The van der Waals surface area contributed by atoms with Crippen LogP contribution in [0.15, 0.2) is 54.6 Å². The highest BCUT2D eigenvalue weighted by atomic mass is 16.6. The summed E-state index contributed by atoms with van der Waals surface area (Å²) in [7, 11) is 3.92. The van der Waals surface area contributed by atoms with Crippen LogP contribution in [-0.4, -0.2) is 71.7 Å². The predicted octanol–water partition coefficient (Wildman–Crippen LogP) is 1.67. The van der Waals surface area contributed by atoms with Crippen LogP contribution in [0.25, 0.3) is 0 Å². The molecule has 2 aliphatic heterocycles. The highest BCUT2D eigenvalue weighted by molar-refractivity contribution is 5.94. The molecule has 0 unspecified atom stereocenters. The normalized spacial score (nSPS) is 24.2. The Morgan fingerprint density at radius 2 is 1.91 bits per heavy atom. The fraction of sp³-hybridized carbons (Fsp3) is 0.364. The molecule has 0 spiro atoms. The molecule has 1 N–H and O–H groups in total. The maximum atomic E-state index is 12.5. The number of rotatable bonds is 6. The molecule has 10 nitrogen and oxygen atoms in total. The molecular weight excluding hydrogens is 412 g/mol. The number of tetrazole rings is 1. The number of nitrogens with zero attached hydrogens (tertiary/aromatic N) is 5. The number of hydrogen-bond acceptors (Lipinski definition) is 8. The standard InChI is InChI=1S/C22H24N6O4/c1-27(2)15-9-6-10-16(11-15)32-22-24-25-26-28(22)18-13-31-19-17(12-30-20(18)19)23-21(29)14-7-4-3-5-8-14/h3-11,17-20H,12-13H2,1-2H3,(H,23,29)/t17-,18+,19-,20+/m0/s1. The minimum absolute atomic E-state index is 0.154. The molecule has 32 heavy (non-hydrogen) atoms. The number of ether oxygens (including phenoxy) is 3. The molecular formula is C22H24N6O4. The van der Waals surface area contributed by atoms with Crippen molar-refractivity contribution in [2.24, 2.45) is 0 Å². The van der Waals surface area contributed by atoms with E-state index in [9.17, 15) is 4.79 Å². The van der Waals surface area contributed by atoms with Crippen LogP contribution in [0.3, 0.4) is 0 Å². The van der Waals surface area contributed by atoms with Gasteiger partial charge in [-0.3, -0.25) is 4.79 Å². The van der Waals surface area contributed by atoms with Gasteiger partial charge in [0.15, 0.2) is 0 Å². The van der Waals surface area contributed by atoms with Crippen molar-refractivity contribution in [2.45, 2.75) is 24.3 Å². The Labute approximate surface area is 185 Å². The molecule has 0 aliphatic carbocycles. The van der Waals surface area contributed by atoms with E-state index in [1.54, 1.807) is 16.8 Å². The van der Waals surface area contributed by atoms with Gasteiger partial charge in [-0.2, -0.15) is 4.68 Å². The maximum absolute atomic E-state index is 12.5. The van der Waals surface area contributed by atoms with E-state index in [1.807, 2.05) is 61.5 Å². The molecule has 0 radical (unpaired) electrons. The summed E-state index contributed by atoms with van der Waals surface area (Å²) in [6.07, 6.45) is -0.586. The van der Waals surface area contributed by atoms with Crippen molar-refractivity contribution in [3.8, 4) is 11.8 Å². The van der Waals surface area contributed by atoms with Crippen molar-refractivity contribution in [3.05, 3.63) is 60.2 Å². The zero-order chi connectivity index (χ0) is 22.1. The van der Waals surface area contributed by atoms with E-state index in [-0.39, 0.29) is 36.2 Å². The van der Waals surface area contributed by atoms with Gasteiger partial charge < -0.3 is 24.4 Å². The molecule has 0 bridgehead atoms. The van der Waals surface area contributed by atoms with E-state index in [0.29, 0.717) is 24.5 Å². The first-order valence-electron chi connectivity index (χ1n) is 10.4. The zero-order valence-corrected chi connectivity index (χ0v) is 17.8. The first-order chi connectivity index (χ1) is 15.6. The van der Waals surface area contributed by atoms with E-state index < -0.39 is 0 Å². The quantitative estimate of drug-likeness (QED) is 0.622. The molecule has 2 aliphatic rings. The number of nitrogens with one attached hydrogen (secondary N) is 1. The third-order valence-electron chi connectivity index (χ3n) is 5.70. The Hall–Kier alpha value is -3.50. The van der Waals surface area contributed by atoms with E-state index in [0.717, 1.165) is 5.69 Å². The van der Waals surface area contributed by atoms with Gasteiger partial charge in [-0.15, -0.1) is 0 Å². The minimum atomic E-state index is -0.296. The van der Waals surface area contributed by atoms with Gasteiger partial charge in [0, 0.05) is 31.4 Å². The maximum Gasteiger partial charge on any atom is 0.341 e. The SMILES string of the molecule is CN(C)c1cccc(Oc2nnnn2[C@@H]2CO[C@@H]3[C@@H]2OC[C@@H]3NC(=O)c2ccccc2)c1. The lowest BCUT2D eigenvalue weighted by molar-refractivity contribution is 0.0606. The topological polar surface area (TPSA) is 104 Å². The van der Waals surface area contributed by atoms with Gasteiger partial charge in [0.2, 0.25) is 0 Å². The predicted molar refractivity (Wildman–Crippen MR) is 115 cm³/mol. The van der Waals surface area contributed by atoms with Crippen LogP contribution in [0, 0.1) is 0 Å². The fourth-order valence-electron chi connectivity index (χ4n) is 4.05. The average Bonchev–Trinajstić information content (AvgIpc) is 3.52. The van der Waals surface area contributed by atoms with Gasteiger partial charge in [0.1, 0.15) is 24.0 Å². The summed E-state index contributed by atoms with van der Waals surface area (Å²) in [5.74, 6) is 0.474. The fourth-order valence-corrected chi connectivity index (χ4v) is 4.05. The van der Waals surface area contributed by atoms with Crippen molar-refractivity contribution >= 4 is 11.6 Å². The van der Waals surface area contributed by atoms with Crippen LogP contribution < -0.4 is 15.0 Å². The summed E-state index contributed by atoms with van der Waals surface area (Å²) in [4.78, 5) is 14.5. The highest BCUT2D eigenvalue weighted by Crippen LogP contribution is 2.36. The molecule has 2 saturated heterocycles. The number of amides is 1. The number of fused-ring (bicyclic) bond motifs is 1. The second-order valence-electron chi connectivity index (χ2n) is 8.01. The number of carbonyl (C=O) groups is 1. The molecule has 3 heterocycles. The number of anilines is 1. The lowest BCUT2D eigenvalue weighted by Gasteiger charge is -2.18. The number of aromatic nitrogens is 4. The van der Waals surface area contributed by atoms with Gasteiger partial charge in [0.25, 0.3) is 5.91 Å². The summed E-state index contributed by atoms with van der Waals surface area (Å²) < 4.78 is 19.6. The smallest absolute Gasteiger partial charge is 0.341 e. The van der Waals surface area contributed by atoms with Crippen molar-refractivity contribution in [1.82, 2.24) is 25.5 Å². The van der Waals surface area contributed by atoms with Crippen LogP contribution in [0.4, 0.5) is 5.69 Å². The summed E-state index contributed by atoms with van der Waals surface area (Å²) in [5.41, 5.74) is 1.60. The van der Waals surface area contributed by atoms with Gasteiger partial charge in [-0.1, -0.05) is 29.4 Å². The number of carbonyl (C=O) groups excluding carboxylic acids is 1. The van der Waals surface area contributed by atoms with Gasteiger partial charge in [-0.25, -0.2) is 0 Å². The van der Waals surface area contributed by atoms with Crippen LogP contribution in [0.5, 0.6) is 11.8 Å². The zero-order valence-electron chi connectivity index (χ0n) is 17.8. The third-order valence-corrected chi connectivity index (χ3v) is 5.70. The Kier molecular flexibility index (Phi) is 5.46. The second kappa shape index (κ2) is 8.56. The minimum Gasteiger partial charge on any atom is -0.423 e. The van der Waals surface area contributed by atoms with Crippen molar-refractivity contribution in [1.29, 1.82) is 0 Å². The summed E-state index contributed by atoms with van der Waals surface area (Å²) in [6, 6.07) is 16.5. The molecule has 5 rings (SSSR count). The largest absolute Gasteiger partial charge is 0.423 e. The van der Waals surface area contributed by atoms with Crippen LogP contribution >= 0.6 is 0 Å². The third kappa shape index (κ3) is 3.90. The van der Waals surface area contributed by atoms with E-state index >= 15 is 0 Å². The molecule has 1 amide bonds. The summed E-state index contributed by atoms with van der Waals surface area (Å²) >= 11 is 0. The number of hydrogen-bond donors (Lipinski definition) is 1. The molecule has 4 atom stereocenters. The van der Waals surface area contributed by atoms with Gasteiger partial charge in [-0.05, 0) is 34.7 Å². The second-order valence-corrected chi connectivity index (χ2v) is 8.01. The summed E-state index contributed by atoms with van der Waals surface area (Å²) in [5, 5.41) is 15.0. The average molecular weight is 436 g/mol. The lowest BCUT2D eigenvalue weighted by Crippen LogP contribution is -2.44. The van der Waals surface area contributed by atoms with E-state index in [2.05, 4.69) is 20.8 Å². The van der Waals surface area contributed by atoms with Crippen LogP contribution in [0.1, 0.15) is 16.4 Å². The van der Waals surface area contributed by atoms with Crippen LogP contribution in [-0.2, 0) is 9.47 Å². The van der Waals surface area contributed by atoms with Crippen LogP contribution in [0.2, 0.25) is 0 Å². The van der Waals surface area contributed by atoms with Gasteiger partial charge in [0.05, 0.1) is 19.3 Å². The molecule has 10 heteroatoms. The highest BCUT2D eigenvalue weighted by Gasteiger charge is 2.50. The monoisotopic (exact) mass is 436 g/mol. The molecule has 0 saturated carbocycles. The first-order valence-corrected chi connectivity index (χ1v) is 10.4. The van der Waals surface area contributed by atoms with Gasteiger partial charge >= 0.3 is 6.01 Å². The van der Waals surface area contributed by atoms with E-state index in [4.69, 9.17) is 14.2 Å². The molecule has 166 valence electrons. The Morgan fingerprint density at radius 1 is 1.09 bits per heavy atom. The van der Waals surface area contributed by atoms with E-state index in [1.165, 1.54) is 0 Å². The van der Waals surface area contributed by atoms with Crippen molar-refractivity contribution in [3.63, 3.8) is 0 Å². The Bertz CT molecular complexity index is 1090. The van der Waals surface area contributed by atoms with Crippen molar-refractivity contribution in [2.75, 3.05) is 32.2 Å². The number of benzene rings is 2. The first kappa shape index (κ1) is 20.4. The lowest BCUT2D eigenvalue weighted by atomic mass is 10.1. The summed E-state index contributed by atoms with van der Waals surface area (Å²) in [6.45, 7) is 0.708.